The number of unbranched alkanes of at least 4 members (excludes halogenated alkanes) is 1. The number of amides is 1. The lowest BCUT2D eigenvalue weighted by atomic mass is 9.87. The van der Waals surface area contributed by atoms with E-state index in [4.69, 9.17) is 10.8 Å². The number of hydrogen-bond acceptors (Lipinski definition) is 3. The fourth-order valence-electron chi connectivity index (χ4n) is 1.03. The quantitative estimate of drug-likeness (QED) is 0.518. The molecule has 0 saturated carbocycles. The maximum Gasteiger partial charge on any atom is 0.228 e. The molecule has 14 heavy (non-hydrogen) atoms. The Morgan fingerprint density at radius 3 is 2.57 bits per heavy atom. The maximum atomic E-state index is 11.6. The second-order valence-corrected chi connectivity index (χ2v) is 3.82. The monoisotopic (exact) mass is 202 g/mol. The van der Waals surface area contributed by atoms with Gasteiger partial charge in [0, 0.05) is 6.54 Å². The highest BCUT2D eigenvalue weighted by molar-refractivity contribution is 5.82. The second-order valence-electron chi connectivity index (χ2n) is 3.82. The van der Waals surface area contributed by atoms with Gasteiger partial charge in [0.15, 0.2) is 0 Å². The van der Waals surface area contributed by atoms with Crippen LogP contribution in [-0.4, -0.2) is 30.7 Å². The molecule has 0 aromatic heterocycles. The highest BCUT2D eigenvalue weighted by Crippen LogP contribution is 2.19. The fourth-order valence-corrected chi connectivity index (χ4v) is 1.03. The molecule has 84 valence electrons. The zero-order valence-electron chi connectivity index (χ0n) is 9.18. The molecule has 1 unspecified atom stereocenters. The molecule has 1 atom stereocenters. The summed E-state index contributed by atoms with van der Waals surface area (Å²) in [5, 5.41) is 11.9. The van der Waals surface area contributed by atoms with Crippen molar-refractivity contribution in [3.8, 4) is 0 Å². The van der Waals surface area contributed by atoms with Gasteiger partial charge in [0.1, 0.15) is 0 Å². The molecule has 0 aliphatic rings. The van der Waals surface area contributed by atoms with Crippen LogP contribution in [0.25, 0.3) is 0 Å². The van der Waals surface area contributed by atoms with Gasteiger partial charge >= 0.3 is 0 Å². The minimum atomic E-state index is -0.636. The van der Waals surface area contributed by atoms with Gasteiger partial charge in [-0.2, -0.15) is 0 Å². The highest BCUT2D eigenvalue weighted by Gasteiger charge is 2.29. The van der Waals surface area contributed by atoms with E-state index >= 15 is 0 Å². The van der Waals surface area contributed by atoms with E-state index in [1.807, 2.05) is 6.92 Å². The van der Waals surface area contributed by atoms with Crippen molar-refractivity contribution < 1.29 is 9.90 Å². The normalized spacial score (nSPS) is 14.9. The van der Waals surface area contributed by atoms with Crippen molar-refractivity contribution in [3.05, 3.63) is 0 Å². The average Bonchev–Trinajstić information content (AvgIpc) is 2.22. The minimum absolute atomic E-state index is 0.0699. The number of carbonyl (C=O) groups excluding carboxylic acids is 1. The van der Waals surface area contributed by atoms with E-state index in [0.717, 1.165) is 12.8 Å². The van der Waals surface area contributed by atoms with Crippen molar-refractivity contribution in [2.75, 3.05) is 19.7 Å². The Kier molecular flexibility index (Phi) is 6.49. The smallest absolute Gasteiger partial charge is 0.228 e. The number of aliphatic hydroxyl groups is 1. The van der Waals surface area contributed by atoms with Crippen LogP contribution in [0, 0.1) is 5.41 Å². The molecule has 0 aromatic carbocycles. The molecule has 0 aromatic rings. The molecule has 0 bridgehead atoms. The summed E-state index contributed by atoms with van der Waals surface area (Å²) in [5.41, 5.74) is 4.69. The Labute approximate surface area is 85.9 Å². The molecule has 0 rings (SSSR count). The standard InChI is InChI=1S/C10H22N2O2/c1-3-10(2,8-13)9(14)12-7-5-4-6-11/h13H,3-8,11H2,1-2H3,(H,12,14). The Balaban J connectivity index is 3.82. The molecule has 0 spiro atoms. The van der Waals surface area contributed by atoms with E-state index in [1.54, 1.807) is 6.92 Å². The van der Waals surface area contributed by atoms with Crippen molar-refractivity contribution in [2.45, 2.75) is 33.1 Å². The Hall–Kier alpha value is -0.610. The van der Waals surface area contributed by atoms with Gasteiger partial charge in [-0.25, -0.2) is 0 Å². The highest BCUT2D eigenvalue weighted by atomic mass is 16.3. The molecule has 4 heteroatoms. The number of hydrogen-bond donors (Lipinski definition) is 3. The van der Waals surface area contributed by atoms with Gasteiger partial charge in [-0.3, -0.25) is 4.79 Å². The van der Waals surface area contributed by atoms with Crippen LogP contribution in [0.2, 0.25) is 0 Å². The van der Waals surface area contributed by atoms with Crippen LogP contribution in [0.4, 0.5) is 0 Å². The van der Waals surface area contributed by atoms with E-state index < -0.39 is 5.41 Å². The van der Waals surface area contributed by atoms with Crippen molar-refractivity contribution in [2.24, 2.45) is 11.1 Å². The van der Waals surface area contributed by atoms with Gasteiger partial charge in [-0.05, 0) is 32.7 Å². The molecular formula is C10H22N2O2. The van der Waals surface area contributed by atoms with E-state index in [-0.39, 0.29) is 12.5 Å². The summed E-state index contributed by atoms with van der Waals surface area (Å²) in [6.45, 7) is 4.86. The third-order valence-electron chi connectivity index (χ3n) is 2.59. The first-order valence-corrected chi connectivity index (χ1v) is 5.20. The lowest BCUT2D eigenvalue weighted by molar-refractivity contribution is -0.132. The number of nitrogens with two attached hydrogens (primary N) is 1. The van der Waals surface area contributed by atoms with Gasteiger partial charge in [0.05, 0.1) is 12.0 Å². The van der Waals surface area contributed by atoms with E-state index in [9.17, 15) is 4.79 Å². The van der Waals surface area contributed by atoms with Crippen LogP contribution in [0.1, 0.15) is 33.1 Å². The zero-order chi connectivity index (χ0) is 11.0. The third-order valence-corrected chi connectivity index (χ3v) is 2.59. The molecule has 0 aliphatic carbocycles. The summed E-state index contributed by atoms with van der Waals surface area (Å²) < 4.78 is 0. The third kappa shape index (κ3) is 4.07. The van der Waals surface area contributed by atoms with Crippen molar-refractivity contribution >= 4 is 5.91 Å². The van der Waals surface area contributed by atoms with E-state index in [2.05, 4.69) is 5.32 Å². The first kappa shape index (κ1) is 13.4. The van der Waals surface area contributed by atoms with E-state index in [1.165, 1.54) is 0 Å². The van der Waals surface area contributed by atoms with Gasteiger partial charge in [-0.15, -0.1) is 0 Å². The van der Waals surface area contributed by atoms with Crippen molar-refractivity contribution in [3.63, 3.8) is 0 Å². The molecule has 4 nitrogen and oxygen atoms in total. The van der Waals surface area contributed by atoms with Crippen molar-refractivity contribution in [1.29, 1.82) is 0 Å². The van der Waals surface area contributed by atoms with Crippen LogP contribution in [-0.2, 0) is 4.79 Å². The molecule has 0 fully saturated rings. The first-order valence-electron chi connectivity index (χ1n) is 5.20. The molecule has 0 radical (unpaired) electrons. The molecule has 4 N–H and O–H groups in total. The number of carbonyl (C=O) groups is 1. The van der Waals surface area contributed by atoms with E-state index in [0.29, 0.717) is 19.5 Å². The number of nitrogens with one attached hydrogen (secondary N) is 1. The summed E-state index contributed by atoms with van der Waals surface area (Å²) in [5.74, 6) is -0.0699. The van der Waals surface area contributed by atoms with Crippen LogP contribution in [0.5, 0.6) is 0 Å². The molecule has 0 saturated heterocycles. The average molecular weight is 202 g/mol. The summed E-state index contributed by atoms with van der Waals surface area (Å²) in [4.78, 5) is 11.6. The molecule has 0 aliphatic heterocycles. The predicted molar refractivity (Wildman–Crippen MR) is 56.8 cm³/mol. The number of aliphatic hydroxyl groups excluding tert-OH is 1. The Bertz CT molecular complexity index is 168. The van der Waals surface area contributed by atoms with Crippen LogP contribution >= 0.6 is 0 Å². The SMILES string of the molecule is CCC(C)(CO)C(=O)NCCCCN. The van der Waals surface area contributed by atoms with Gasteiger partial charge in [0.25, 0.3) is 0 Å². The lowest BCUT2D eigenvalue weighted by Crippen LogP contribution is -2.41. The topological polar surface area (TPSA) is 75.3 Å². The van der Waals surface area contributed by atoms with Crippen LogP contribution in [0.15, 0.2) is 0 Å². The van der Waals surface area contributed by atoms with Crippen LogP contribution < -0.4 is 11.1 Å². The van der Waals surface area contributed by atoms with Gasteiger partial charge in [-0.1, -0.05) is 6.92 Å². The van der Waals surface area contributed by atoms with Gasteiger partial charge in [0.2, 0.25) is 5.91 Å². The first-order chi connectivity index (χ1) is 6.60. The zero-order valence-corrected chi connectivity index (χ0v) is 9.18. The second kappa shape index (κ2) is 6.79. The maximum absolute atomic E-state index is 11.6. The van der Waals surface area contributed by atoms with Crippen molar-refractivity contribution in [1.82, 2.24) is 5.32 Å². The summed E-state index contributed by atoms with van der Waals surface area (Å²) in [6, 6.07) is 0. The Morgan fingerprint density at radius 1 is 1.50 bits per heavy atom. The summed E-state index contributed by atoms with van der Waals surface area (Å²) in [6.07, 6.45) is 2.46. The predicted octanol–water partition coefficient (Wildman–Crippen LogP) is 0.250. The van der Waals surface area contributed by atoms with Gasteiger partial charge < -0.3 is 16.2 Å². The summed E-state index contributed by atoms with van der Waals surface area (Å²) >= 11 is 0. The fraction of sp³-hybridized carbons (Fsp3) is 0.900. The molecule has 1 amide bonds. The number of rotatable bonds is 7. The Morgan fingerprint density at radius 2 is 2.14 bits per heavy atom. The largest absolute Gasteiger partial charge is 0.395 e. The molecular weight excluding hydrogens is 180 g/mol. The summed E-state index contributed by atoms with van der Waals surface area (Å²) in [7, 11) is 0. The minimum Gasteiger partial charge on any atom is -0.395 e. The lowest BCUT2D eigenvalue weighted by Gasteiger charge is -2.24. The van der Waals surface area contributed by atoms with Crippen LogP contribution in [0.3, 0.4) is 0 Å². The molecule has 0 heterocycles.